The number of nitrogen functional groups attached to an aromatic ring is 2. The van der Waals surface area contributed by atoms with E-state index >= 15 is 0 Å². The van der Waals surface area contributed by atoms with Crippen LogP contribution in [0.25, 0.3) is 22.4 Å². The van der Waals surface area contributed by atoms with Gasteiger partial charge >= 0.3 is 0 Å². The second kappa shape index (κ2) is 6.86. The average Bonchev–Trinajstić information content (AvgIpc) is 2.85. The van der Waals surface area contributed by atoms with Crippen molar-refractivity contribution in [3.63, 3.8) is 0 Å². The largest absolute Gasteiger partial charge is 0.384 e. The SMILES string of the molecule is CCCCCCn1c(C)nc2ccc(-c3cc(N)nc(N)c3)nc21. The molecule has 0 bridgehead atoms. The van der Waals surface area contributed by atoms with Gasteiger partial charge < -0.3 is 16.0 Å². The maximum atomic E-state index is 5.80. The number of unbranched alkanes of at least 4 members (excludes halogenated alkanes) is 3. The zero-order valence-electron chi connectivity index (χ0n) is 14.3. The lowest BCUT2D eigenvalue weighted by Gasteiger charge is -2.08. The standard InChI is InChI=1S/C18H24N6/c1-3-4-5-6-9-24-12(2)21-15-8-7-14(22-18(15)24)13-10-16(19)23-17(20)11-13/h7-8,10-11H,3-6,9H2,1-2H3,(H4,19,20,23). The van der Waals surface area contributed by atoms with Gasteiger partial charge in [-0.1, -0.05) is 26.2 Å². The summed E-state index contributed by atoms with van der Waals surface area (Å²) in [7, 11) is 0. The molecule has 6 heteroatoms. The molecule has 0 aliphatic carbocycles. The number of hydrogen-bond acceptors (Lipinski definition) is 5. The molecule has 0 aliphatic rings. The van der Waals surface area contributed by atoms with Crippen molar-refractivity contribution in [3.8, 4) is 11.3 Å². The molecule has 3 rings (SSSR count). The molecule has 0 saturated carbocycles. The molecule has 0 spiro atoms. The zero-order chi connectivity index (χ0) is 17.1. The Balaban J connectivity index is 1.97. The van der Waals surface area contributed by atoms with Crippen molar-refractivity contribution in [1.82, 2.24) is 19.5 Å². The fraction of sp³-hybridized carbons (Fsp3) is 0.389. The highest BCUT2D eigenvalue weighted by Crippen LogP contribution is 2.24. The molecule has 0 fully saturated rings. The molecule has 0 aromatic carbocycles. The summed E-state index contributed by atoms with van der Waals surface area (Å²) in [6.07, 6.45) is 4.87. The van der Waals surface area contributed by atoms with Gasteiger partial charge in [0.1, 0.15) is 23.0 Å². The Morgan fingerprint density at radius 2 is 1.71 bits per heavy atom. The van der Waals surface area contributed by atoms with Crippen LogP contribution in [-0.4, -0.2) is 19.5 Å². The third-order valence-corrected chi connectivity index (χ3v) is 4.18. The van der Waals surface area contributed by atoms with Crippen LogP contribution in [0.1, 0.15) is 38.4 Å². The first-order chi connectivity index (χ1) is 11.6. The molecule has 0 amide bonds. The Morgan fingerprint density at radius 1 is 0.958 bits per heavy atom. The summed E-state index contributed by atoms with van der Waals surface area (Å²) in [5, 5.41) is 0. The zero-order valence-corrected chi connectivity index (χ0v) is 14.3. The third-order valence-electron chi connectivity index (χ3n) is 4.18. The molecule has 126 valence electrons. The lowest BCUT2D eigenvalue weighted by Crippen LogP contribution is -2.02. The van der Waals surface area contributed by atoms with Gasteiger partial charge in [0.25, 0.3) is 0 Å². The van der Waals surface area contributed by atoms with E-state index < -0.39 is 0 Å². The topological polar surface area (TPSA) is 95.6 Å². The van der Waals surface area contributed by atoms with E-state index in [1.807, 2.05) is 19.1 Å². The van der Waals surface area contributed by atoms with E-state index in [1.165, 1.54) is 19.3 Å². The van der Waals surface area contributed by atoms with Gasteiger partial charge in [0, 0.05) is 12.1 Å². The average molecular weight is 324 g/mol. The molecular weight excluding hydrogens is 300 g/mol. The van der Waals surface area contributed by atoms with E-state index in [0.29, 0.717) is 11.6 Å². The van der Waals surface area contributed by atoms with E-state index in [2.05, 4.69) is 21.5 Å². The van der Waals surface area contributed by atoms with Crippen LogP contribution >= 0.6 is 0 Å². The molecule has 3 aromatic heterocycles. The van der Waals surface area contributed by atoms with E-state index in [9.17, 15) is 0 Å². The number of nitrogens with zero attached hydrogens (tertiary/aromatic N) is 4. The Bertz CT molecular complexity index is 832. The van der Waals surface area contributed by atoms with Crippen LogP contribution in [0, 0.1) is 6.92 Å². The highest BCUT2D eigenvalue weighted by atomic mass is 15.1. The lowest BCUT2D eigenvalue weighted by atomic mass is 10.1. The van der Waals surface area contributed by atoms with Gasteiger partial charge in [-0.15, -0.1) is 0 Å². The molecule has 3 heterocycles. The summed E-state index contributed by atoms with van der Waals surface area (Å²) in [4.78, 5) is 13.4. The van der Waals surface area contributed by atoms with Crippen LogP contribution in [0.4, 0.5) is 11.6 Å². The maximum Gasteiger partial charge on any atom is 0.160 e. The molecule has 0 atom stereocenters. The van der Waals surface area contributed by atoms with Crippen LogP contribution in [0.3, 0.4) is 0 Å². The van der Waals surface area contributed by atoms with Crippen molar-refractivity contribution in [1.29, 1.82) is 0 Å². The Morgan fingerprint density at radius 3 is 2.42 bits per heavy atom. The van der Waals surface area contributed by atoms with E-state index in [4.69, 9.17) is 16.5 Å². The van der Waals surface area contributed by atoms with Crippen LogP contribution in [0.15, 0.2) is 24.3 Å². The second-order valence-electron chi connectivity index (χ2n) is 6.12. The minimum Gasteiger partial charge on any atom is -0.384 e. The number of fused-ring (bicyclic) bond motifs is 1. The van der Waals surface area contributed by atoms with Gasteiger partial charge in [-0.05, 0) is 37.6 Å². The van der Waals surface area contributed by atoms with Gasteiger partial charge in [0.2, 0.25) is 0 Å². The lowest BCUT2D eigenvalue weighted by molar-refractivity contribution is 0.580. The number of anilines is 2. The Hall–Kier alpha value is -2.63. The van der Waals surface area contributed by atoms with Gasteiger partial charge in [-0.2, -0.15) is 0 Å². The molecule has 6 nitrogen and oxygen atoms in total. The van der Waals surface area contributed by atoms with Crippen molar-refractivity contribution in [2.45, 2.75) is 46.1 Å². The first kappa shape index (κ1) is 16.2. The predicted molar refractivity (Wildman–Crippen MR) is 98.5 cm³/mol. The first-order valence-electron chi connectivity index (χ1n) is 8.45. The molecule has 0 saturated heterocycles. The van der Waals surface area contributed by atoms with Gasteiger partial charge in [-0.25, -0.2) is 15.0 Å². The molecule has 0 radical (unpaired) electrons. The summed E-state index contributed by atoms with van der Waals surface area (Å²) in [5.74, 6) is 1.80. The molecule has 4 N–H and O–H groups in total. The predicted octanol–water partition coefficient (Wildman–Crippen LogP) is 3.55. The Labute approximate surface area is 141 Å². The summed E-state index contributed by atoms with van der Waals surface area (Å²) in [6, 6.07) is 7.53. The second-order valence-corrected chi connectivity index (χ2v) is 6.12. The van der Waals surface area contributed by atoms with Crippen LogP contribution in [-0.2, 0) is 6.54 Å². The van der Waals surface area contributed by atoms with Crippen LogP contribution < -0.4 is 11.5 Å². The third kappa shape index (κ3) is 3.32. The number of pyridine rings is 2. The summed E-state index contributed by atoms with van der Waals surface area (Å²) in [6.45, 7) is 5.20. The fourth-order valence-electron chi connectivity index (χ4n) is 2.96. The summed E-state index contributed by atoms with van der Waals surface area (Å²) in [5.41, 5.74) is 15.1. The van der Waals surface area contributed by atoms with Crippen molar-refractivity contribution in [2.24, 2.45) is 0 Å². The Kier molecular flexibility index (Phi) is 4.64. The quantitative estimate of drug-likeness (QED) is 0.676. The van der Waals surface area contributed by atoms with Crippen molar-refractivity contribution in [3.05, 3.63) is 30.1 Å². The van der Waals surface area contributed by atoms with E-state index in [0.717, 1.165) is 41.2 Å². The van der Waals surface area contributed by atoms with Gasteiger partial charge in [0.15, 0.2) is 5.65 Å². The normalized spacial score (nSPS) is 11.2. The number of aromatic nitrogens is 4. The minimum absolute atomic E-state index is 0.399. The van der Waals surface area contributed by atoms with E-state index in [-0.39, 0.29) is 0 Å². The highest BCUT2D eigenvalue weighted by molar-refractivity contribution is 5.77. The van der Waals surface area contributed by atoms with E-state index in [1.54, 1.807) is 12.1 Å². The van der Waals surface area contributed by atoms with Crippen molar-refractivity contribution in [2.75, 3.05) is 11.5 Å². The highest BCUT2D eigenvalue weighted by Gasteiger charge is 2.11. The smallest absolute Gasteiger partial charge is 0.160 e. The monoisotopic (exact) mass is 324 g/mol. The van der Waals surface area contributed by atoms with Gasteiger partial charge in [0.05, 0.1) is 5.69 Å². The molecule has 24 heavy (non-hydrogen) atoms. The first-order valence-corrected chi connectivity index (χ1v) is 8.45. The molecule has 3 aromatic rings. The summed E-state index contributed by atoms with van der Waals surface area (Å²) < 4.78 is 2.20. The number of hydrogen-bond donors (Lipinski definition) is 2. The number of aryl methyl sites for hydroxylation is 2. The molecule has 0 aliphatic heterocycles. The van der Waals surface area contributed by atoms with Crippen LogP contribution in [0.2, 0.25) is 0 Å². The van der Waals surface area contributed by atoms with Gasteiger partial charge in [-0.3, -0.25) is 0 Å². The molecular formula is C18H24N6. The minimum atomic E-state index is 0.399. The van der Waals surface area contributed by atoms with Crippen molar-refractivity contribution < 1.29 is 0 Å². The number of nitrogens with two attached hydrogens (primary N) is 2. The maximum absolute atomic E-state index is 5.80. The molecule has 0 unspecified atom stereocenters. The summed E-state index contributed by atoms with van der Waals surface area (Å²) >= 11 is 0. The number of rotatable bonds is 6. The van der Waals surface area contributed by atoms with Crippen molar-refractivity contribution >= 4 is 22.8 Å². The number of imidazole rings is 1. The fourth-order valence-corrected chi connectivity index (χ4v) is 2.96. The van der Waals surface area contributed by atoms with Crippen LogP contribution in [0.5, 0.6) is 0 Å².